The highest BCUT2D eigenvalue weighted by atomic mass is 16.3. The Balaban J connectivity index is 1.46. The zero-order valence-corrected chi connectivity index (χ0v) is 13.0. The largest absolute Gasteiger partial charge is 0.467 e. The molecule has 1 N–H and O–H groups in total. The van der Waals surface area contributed by atoms with Gasteiger partial charge in [-0.25, -0.2) is 9.97 Å². The number of para-hydroxylation sites is 1. The number of hydrogen-bond donors (Lipinski definition) is 1. The van der Waals surface area contributed by atoms with Gasteiger partial charge in [-0.1, -0.05) is 18.2 Å². The molecule has 0 unspecified atom stereocenters. The molecule has 1 aliphatic rings. The van der Waals surface area contributed by atoms with Gasteiger partial charge in [0.05, 0.1) is 18.4 Å². The van der Waals surface area contributed by atoms with Crippen LogP contribution in [-0.4, -0.2) is 22.4 Å². The molecule has 0 saturated carbocycles. The fourth-order valence-corrected chi connectivity index (χ4v) is 2.81. The number of amides is 1. The topological polar surface area (TPSA) is 71.3 Å². The van der Waals surface area contributed by atoms with Crippen molar-refractivity contribution in [3.05, 3.63) is 71.9 Å². The van der Waals surface area contributed by atoms with Gasteiger partial charge in [0.1, 0.15) is 5.76 Å². The third-order valence-electron chi connectivity index (χ3n) is 4.03. The van der Waals surface area contributed by atoms with Crippen molar-refractivity contribution in [2.45, 2.75) is 13.0 Å². The van der Waals surface area contributed by atoms with Crippen molar-refractivity contribution < 1.29 is 9.21 Å². The van der Waals surface area contributed by atoms with Gasteiger partial charge in [-0.2, -0.15) is 0 Å². The van der Waals surface area contributed by atoms with Crippen LogP contribution in [0.15, 0.2) is 59.5 Å². The standard InChI is InChI=1S/C18H16N4O2/c23-17(22-8-7-13-4-1-2-6-16(13)22)14-10-19-18(20-11-14)21-12-15-5-3-9-24-15/h1-6,9-11H,7-8,12H2,(H,19,20,21). The van der Waals surface area contributed by atoms with E-state index in [1.165, 1.54) is 5.56 Å². The van der Waals surface area contributed by atoms with E-state index in [9.17, 15) is 4.79 Å². The number of carbonyl (C=O) groups excluding carboxylic acids is 1. The van der Waals surface area contributed by atoms with Crippen molar-refractivity contribution in [1.82, 2.24) is 9.97 Å². The summed E-state index contributed by atoms with van der Waals surface area (Å²) in [7, 11) is 0. The van der Waals surface area contributed by atoms with E-state index in [1.807, 2.05) is 30.3 Å². The summed E-state index contributed by atoms with van der Waals surface area (Å²) in [5.41, 5.74) is 2.65. The Morgan fingerprint density at radius 3 is 2.79 bits per heavy atom. The Kier molecular flexibility index (Phi) is 3.70. The molecule has 0 saturated heterocycles. The molecule has 1 amide bonds. The monoisotopic (exact) mass is 320 g/mol. The number of carbonyl (C=O) groups is 1. The fourth-order valence-electron chi connectivity index (χ4n) is 2.81. The highest BCUT2D eigenvalue weighted by Gasteiger charge is 2.25. The van der Waals surface area contributed by atoms with Crippen LogP contribution in [-0.2, 0) is 13.0 Å². The zero-order valence-electron chi connectivity index (χ0n) is 13.0. The van der Waals surface area contributed by atoms with Crippen LogP contribution in [0.3, 0.4) is 0 Å². The van der Waals surface area contributed by atoms with Gasteiger partial charge in [0.25, 0.3) is 5.91 Å². The van der Waals surface area contributed by atoms with Gasteiger partial charge < -0.3 is 14.6 Å². The van der Waals surface area contributed by atoms with Crippen molar-refractivity contribution in [2.24, 2.45) is 0 Å². The summed E-state index contributed by atoms with van der Waals surface area (Å²) >= 11 is 0. The third kappa shape index (κ3) is 2.74. The number of hydrogen-bond acceptors (Lipinski definition) is 5. The van der Waals surface area contributed by atoms with E-state index in [1.54, 1.807) is 23.6 Å². The average Bonchev–Trinajstić information content (AvgIpc) is 3.29. The summed E-state index contributed by atoms with van der Waals surface area (Å²) in [5, 5.41) is 3.06. The Hall–Kier alpha value is -3.15. The van der Waals surface area contributed by atoms with E-state index in [4.69, 9.17) is 4.42 Å². The Morgan fingerprint density at radius 1 is 1.17 bits per heavy atom. The first-order chi connectivity index (χ1) is 11.8. The van der Waals surface area contributed by atoms with E-state index in [-0.39, 0.29) is 5.91 Å². The van der Waals surface area contributed by atoms with Crippen molar-refractivity contribution in [2.75, 3.05) is 16.8 Å². The van der Waals surface area contributed by atoms with Crippen LogP contribution in [0, 0.1) is 0 Å². The maximum atomic E-state index is 12.7. The number of rotatable bonds is 4. The molecule has 0 fully saturated rings. The molecule has 0 bridgehead atoms. The molecule has 0 atom stereocenters. The van der Waals surface area contributed by atoms with Crippen LogP contribution in [0.4, 0.5) is 11.6 Å². The summed E-state index contributed by atoms with van der Waals surface area (Å²) in [4.78, 5) is 22.9. The molecule has 1 aromatic carbocycles. The molecule has 6 heteroatoms. The molecule has 6 nitrogen and oxygen atoms in total. The smallest absolute Gasteiger partial charge is 0.261 e. The minimum absolute atomic E-state index is 0.0717. The fraction of sp³-hybridized carbons (Fsp3) is 0.167. The number of anilines is 2. The van der Waals surface area contributed by atoms with E-state index in [0.29, 0.717) is 24.6 Å². The van der Waals surface area contributed by atoms with Crippen LogP contribution in [0.5, 0.6) is 0 Å². The minimum Gasteiger partial charge on any atom is -0.467 e. The molecular formula is C18H16N4O2. The van der Waals surface area contributed by atoms with E-state index < -0.39 is 0 Å². The van der Waals surface area contributed by atoms with E-state index >= 15 is 0 Å². The van der Waals surface area contributed by atoms with Crippen LogP contribution in [0.1, 0.15) is 21.7 Å². The lowest BCUT2D eigenvalue weighted by molar-refractivity contribution is 0.0988. The maximum absolute atomic E-state index is 12.7. The van der Waals surface area contributed by atoms with Crippen molar-refractivity contribution >= 4 is 17.5 Å². The van der Waals surface area contributed by atoms with Crippen LogP contribution in [0.25, 0.3) is 0 Å². The highest BCUT2D eigenvalue weighted by Crippen LogP contribution is 2.28. The van der Waals surface area contributed by atoms with Gasteiger partial charge in [0, 0.05) is 24.6 Å². The van der Waals surface area contributed by atoms with Crippen LogP contribution >= 0.6 is 0 Å². The lowest BCUT2D eigenvalue weighted by atomic mass is 10.2. The predicted octanol–water partition coefficient (Wildman–Crippen LogP) is 2.88. The second kappa shape index (κ2) is 6.16. The highest BCUT2D eigenvalue weighted by molar-refractivity contribution is 6.06. The van der Waals surface area contributed by atoms with Gasteiger partial charge in [0.2, 0.25) is 5.95 Å². The average molecular weight is 320 g/mol. The normalized spacial score (nSPS) is 12.9. The van der Waals surface area contributed by atoms with Gasteiger partial charge >= 0.3 is 0 Å². The molecule has 0 radical (unpaired) electrons. The van der Waals surface area contributed by atoms with Crippen LogP contribution < -0.4 is 10.2 Å². The van der Waals surface area contributed by atoms with Gasteiger partial charge in [0.15, 0.2) is 0 Å². The molecule has 3 heterocycles. The molecule has 4 rings (SSSR count). The quantitative estimate of drug-likeness (QED) is 0.800. The first-order valence-corrected chi connectivity index (χ1v) is 7.79. The Labute approximate surface area is 139 Å². The number of nitrogens with one attached hydrogen (secondary N) is 1. The molecule has 0 aliphatic carbocycles. The van der Waals surface area contributed by atoms with Gasteiger partial charge in [-0.3, -0.25) is 4.79 Å². The molecule has 0 spiro atoms. The summed E-state index contributed by atoms with van der Waals surface area (Å²) < 4.78 is 5.24. The van der Waals surface area contributed by atoms with E-state index in [0.717, 1.165) is 17.9 Å². The maximum Gasteiger partial charge on any atom is 0.261 e. The summed E-state index contributed by atoms with van der Waals surface area (Å²) in [6, 6.07) is 11.7. The third-order valence-corrected chi connectivity index (χ3v) is 4.03. The summed E-state index contributed by atoms with van der Waals surface area (Å²) in [6.45, 7) is 1.19. The molecular weight excluding hydrogens is 304 g/mol. The molecule has 3 aromatic rings. The van der Waals surface area contributed by atoms with E-state index in [2.05, 4.69) is 21.4 Å². The molecule has 24 heavy (non-hydrogen) atoms. The SMILES string of the molecule is O=C(c1cnc(NCc2ccco2)nc1)N1CCc2ccccc21. The second-order valence-corrected chi connectivity index (χ2v) is 5.56. The number of benzene rings is 1. The number of furan rings is 1. The molecule has 2 aromatic heterocycles. The lowest BCUT2D eigenvalue weighted by Gasteiger charge is -2.17. The first-order valence-electron chi connectivity index (χ1n) is 7.79. The number of fused-ring (bicyclic) bond motifs is 1. The molecule has 120 valence electrons. The number of aromatic nitrogens is 2. The van der Waals surface area contributed by atoms with Crippen molar-refractivity contribution in [3.63, 3.8) is 0 Å². The Morgan fingerprint density at radius 2 is 2.00 bits per heavy atom. The minimum atomic E-state index is -0.0717. The molecule has 1 aliphatic heterocycles. The van der Waals surface area contributed by atoms with Crippen LogP contribution in [0.2, 0.25) is 0 Å². The first kappa shape index (κ1) is 14.4. The Bertz CT molecular complexity index is 844. The zero-order chi connectivity index (χ0) is 16.4. The summed E-state index contributed by atoms with van der Waals surface area (Å²) in [6.07, 6.45) is 5.61. The van der Waals surface area contributed by atoms with Gasteiger partial charge in [-0.05, 0) is 30.2 Å². The summed E-state index contributed by atoms with van der Waals surface area (Å²) in [5.74, 6) is 1.19. The lowest BCUT2D eigenvalue weighted by Crippen LogP contribution is -2.29. The van der Waals surface area contributed by atoms with Crippen molar-refractivity contribution in [1.29, 1.82) is 0 Å². The second-order valence-electron chi connectivity index (χ2n) is 5.56. The van der Waals surface area contributed by atoms with Crippen molar-refractivity contribution in [3.8, 4) is 0 Å². The predicted molar refractivity (Wildman–Crippen MR) is 89.9 cm³/mol. The van der Waals surface area contributed by atoms with Gasteiger partial charge in [-0.15, -0.1) is 0 Å². The number of nitrogens with zero attached hydrogens (tertiary/aromatic N) is 3.